The number of hydrogen-bond donors (Lipinski definition) is 2. The minimum absolute atomic E-state index is 0.0406. The molecule has 1 amide bonds. The van der Waals surface area contributed by atoms with E-state index in [9.17, 15) is 4.79 Å². The molecule has 7 heteroatoms. The molecule has 0 bridgehead atoms. The highest BCUT2D eigenvalue weighted by atomic mass is 16.4. The van der Waals surface area contributed by atoms with Gasteiger partial charge in [0.25, 0.3) is 11.9 Å². The predicted octanol–water partition coefficient (Wildman–Crippen LogP) is 4.22. The lowest BCUT2D eigenvalue weighted by molar-refractivity contribution is 0.0906. The number of amides is 1. The third kappa shape index (κ3) is 4.83. The molecule has 0 spiro atoms. The molecule has 3 aromatic rings. The molecular weight excluding hydrogens is 402 g/mol. The maximum atomic E-state index is 13.0. The van der Waals surface area contributed by atoms with Gasteiger partial charge < -0.3 is 19.6 Å². The van der Waals surface area contributed by atoms with Crippen LogP contribution in [0.2, 0.25) is 0 Å². The number of nitrogens with one attached hydrogen (secondary N) is 2. The van der Waals surface area contributed by atoms with E-state index in [1.807, 2.05) is 6.07 Å². The van der Waals surface area contributed by atoms with Crippen molar-refractivity contribution in [1.29, 1.82) is 0 Å². The number of carbonyl (C=O) groups is 1. The average Bonchev–Trinajstić information content (AvgIpc) is 3.43. The Kier molecular flexibility index (Phi) is 6.84. The second kappa shape index (κ2) is 9.77. The molecule has 1 aliphatic heterocycles. The van der Waals surface area contributed by atoms with Crippen molar-refractivity contribution in [2.75, 3.05) is 25.0 Å². The Bertz CT molecular complexity index is 1030. The van der Waals surface area contributed by atoms with Gasteiger partial charge in [0.05, 0.1) is 6.20 Å². The van der Waals surface area contributed by atoms with Crippen molar-refractivity contribution in [2.24, 2.45) is 0 Å². The summed E-state index contributed by atoms with van der Waals surface area (Å²) in [7, 11) is 2.14. The largest absolute Gasteiger partial charge is 0.418 e. The molecule has 7 nitrogen and oxygen atoms in total. The zero-order valence-corrected chi connectivity index (χ0v) is 19.6. The summed E-state index contributed by atoms with van der Waals surface area (Å²) in [6, 6.07) is 9.66. The van der Waals surface area contributed by atoms with Gasteiger partial charge in [0.1, 0.15) is 0 Å². The van der Waals surface area contributed by atoms with Gasteiger partial charge in [0.2, 0.25) is 5.76 Å². The molecule has 32 heavy (non-hydrogen) atoms. The van der Waals surface area contributed by atoms with E-state index in [1.54, 1.807) is 6.20 Å². The molecule has 3 atom stereocenters. The Labute approximate surface area is 190 Å². The lowest BCUT2D eigenvalue weighted by Gasteiger charge is -2.41. The highest BCUT2D eigenvalue weighted by molar-refractivity contribution is 5.91. The number of nitrogens with zero attached hydrogens (tertiary/aromatic N) is 3. The first-order chi connectivity index (χ1) is 15.5. The van der Waals surface area contributed by atoms with E-state index < -0.39 is 0 Å². The molecule has 172 valence electrons. The van der Waals surface area contributed by atoms with E-state index in [-0.39, 0.29) is 17.7 Å². The first-order valence-corrected chi connectivity index (χ1v) is 11.7. The maximum Gasteiger partial charge on any atom is 0.298 e. The predicted molar refractivity (Wildman–Crippen MR) is 128 cm³/mol. The second-order valence-corrected chi connectivity index (χ2v) is 9.15. The Morgan fingerprint density at radius 3 is 2.78 bits per heavy atom. The molecule has 1 aromatic carbocycles. The maximum absolute atomic E-state index is 13.0. The van der Waals surface area contributed by atoms with E-state index in [0.717, 1.165) is 44.3 Å². The van der Waals surface area contributed by atoms with E-state index in [4.69, 9.17) is 4.42 Å². The number of aromatic amines is 1. The minimum atomic E-state index is -0.195. The van der Waals surface area contributed by atoms with Crippen LogP contribution >= 0.6 is 0 Å². The third-order valence-electron chi connectivity index (χ3n) is 6.73. The standard InChI is InChI=1S/C25H35N5O2/c1-5-6-9-20(12-19-13-26-22-11-8-7-10-21(19)22)28-24(31)23-14-27-25(32-23)30-15-17(2)29(4)18(3)16-30/h7-8,10-11,13-14,17-18,20,26H,5-6,9,12,15-16H2,1-4H3,(H,28,31)/t17-,18-,20?/m1/s1. The Morgan fingerprint density at radius 1 is 1.28 bits per heavy atom. The van der Waals surface area contributed by atoms with Gasteiger partial charge in [-0.15, -0.1) is 0 Å². The van der Waals surface area contributed by atoms with Crippen molar-refractivity contribution in [2.45, 2.75) is 64.6 Å². The van der Waals surface area contributed by atoms with Gasteiger partial charge in [-0.1, -0.05) is 38.0 Å². The zero-order valence-electron chi connectivity index (χ0n) is 19.6. The van der Waals surface area contributed by atoms with Crippen LogP contribution in [-0.2, 0) is 6.42 Å². The van der Waals surface area contributed by atoms with Gasteiger partial charge >= 0.3 is 0 Å². The monoisotopic (exact) mass is 437 g/mol. The summed E-state index contributed by atoms with van der Waals surface area (Å²) in [5.74, 6) is 0.0829. The van der Waals surface area contributed by atoms with Gasteiger partial charge in [-0.25, -0.2) is 4.98 Å². The molecule has 3 heterocycles. The molecular formula is C25H35N5O2. The number of aromatic nitrogens is 2. The van der Waals surface area contributed by atoms with E-state index in [0.29, 0.717) is 18.1 Å². The van der Waals surface area contributed by atoms with E-state index >= 15 is 0 Å². The highest BCUT2D eigenvalue weighted by Gasteiger charge is 2.29. The number of fused-ring (bicyclic) bond motifs is 1. The number of carbonyl (C=O) groups excluding carboxylic acids is 1. The zero-order chi connectivity index (χ0) is 22.7. The van der Waals surface area contributed by atoms with Crippen LogP contribution < -0.4 is 10.2 Å². The van der Waals surface area contributed by atoms with Crippen LogP contribution in [0.3, 0.4) is 0 Å². The summed E-state index contributed by atoms with van der Waals surface area (Å²) >= 11 is 0. The van der Waals surface area contributed by atoms with E-state index in [2.05, 4.69) is 77.3 Å². The van der Waals surface area contributed by atoms with Gasteiger partial charge in [0.15, 0.2) is 0 Å². The number of unbranched alkanes of at least 4 members (excludes halogenated alkanes) is 1. The number of para-hydroxylation sites is 1. The van der Waals surface area contributed by atoms with Gasteiger partial charge in [-0.3, -0.25) is 9.69 Å². The minimum Gasteiger partial charge on any atom is -0.418 e. The molecule has 0 saturated carbocycles. The highest BCUT2D eigenvalue weighted by Crippen LogP contribution is 2.23. The first-order valence-electron chi connectivity index (χ1n) is 11.7. The third-order valence-corrected chi connectivity index (χ3v) is 6.73. The van der Waals surface area contributed by atoms with Crippen molar-refractivity contribution in [3.63, 3.8) is 0 Å². The quantitative estimate of drug-likeness (QED) is 0.552. The molecule has 2 N–H and O–H groups in total. The van der Waals surface area contributed by atoms with Crippen molar-refractivity contribution in [3.8, 4) is 0 Å². The fraction of sp³-hybridized carbons (Fsp3) is 0.520. The van der Waals surface area contributed by atoms with Crippen LogP contribution in [0.25, 0.3) is 10.9 Å². The Balaban J connectivity index is 1.44. The van der Waals surface area contributed by atoms with E-state index in [1.165, 1.54) is 10.9 Å². The summed E-state index contributed by atoms with van der Waals surface area (Å²) in [6.45, 7) is 8.24. The second-order valence-electron chi connectivity index (χ2n) is 9.15. The Morgan fingerprint density at radius 2 is 2.03 bits per heavy atom. The summed E-state index contributed by atoms with van der Waals surface area (Å²) in [4.78, 5) is 25.2. The number of rotatable bonds is 8. The molecule has 1 aliphatic rings. The van der Waals surface area contributed by atoms with Crippen LogP contribution in [0.5, 0.6) is 0 Å². The number of oxazole rings is 1. The normalized spacial score (nSPS) is 20.6. The van der Waals surface area contributed by atoms with Crippen LogP contribution in [0, 0.1) is 0 Å². The smallest absolute Gasteiger partial charge is 0.298 e. The summed E-state index contributed by atoms with van der Waals surface area (Å²) in [6.07, 6.45) is 7.47. The molecule has 1 fully saturated rings. The summed E-state index contributed by atoms with van der Waals surface area (Å²) in [5, 5.41) is 4.41. The van der Waals surface area contributed by atoms with Crippen molar-refractivity contribution in [1.82, 2.24) is 20.2 Å². The number of anilines is 1. The van der Waals surface area contributed by atoms with Crippen molar-refractivity contribution < 1.29 is 9.21 Å². The van der Waals surface area contributed by atoms with Crippen LogP contribution in [0.1, 0.15) is 56.2 Å². The Hall–Kier alpha value is -2.80. The number of H-pyrrole nitrogens is 1. The van der Waals surface area contributed by atoms with Crippen molar-refractivity contribution in [3.05, 3.63) is 48.0 Å². The number of hydrogen-bond acceptors (Lipinski definition) is 5. The topological polar surface area (TPSA) is 77.4 Å². The number of benzene rings is 1. The van der Waals surface area contributed by atoms with Crippen LogP contribution in [0.4, 0.5) is 6.01 Å². The SMILES string of the molecule is CCCCC(Cc1c[nH]c2ccccc12)NC(=O)c1cnc(N2C[C@@H](C)N(C)[C@H](C)C2)o1. The van der Waals surface area contributed by atoms with Crippen LogP contribution in [0.15, 0.2) is 41.1 Å². The fourth-order valence-corrected chi connectivity index (χ4v) is 4.57. The van der Waals surface area contributed by atoms with Gasteiger partial charge in [-0.05, 0) is 45.4 Å². The average molecular weight is 438 g/mol. The number of piperazine rings is 1. The molecule has 2 aromatic heterocycles. The van der Waals surface area contributed by atoms with Crippen LogP contribution in [-0.4, -0.2) is 59.0 Å². The molecule has 0 aliphatic carbocycles. The number of likely N-dealkylation sites (N-methyl/N-ethyl adjacent to an activating group) is 1. The summed E-state index contributed by atoms with van der Waals surface area (Å²) < 4.78 is 5.91. The lowest BCUT2D eigenvalue weighted by atomic mass is 10.0. The van der Waals surface area contributed by atoms with Gasteiger partial charge in [0, 0.05) is 48.3 Å². The molecule has 1 unspecified atom stereocenters. The fourth-order valence-electron chi connectivity index (χ4n) is 4.57. The van der Waals surface area contributed by atoms with Gasteiger partial charge in [-0.2, -0.15) is 0 Å². The molecule has 1 saturated heterocycles. The first kappa shape index (κ1) is 22.4. The molecule has 4 rings (SSSR count). The molecule has 0 radical (unpaired) electrons. The lowest BCUT2D eigenvalue weighted by Crippen LogP contribution is -2.55. The van der Waals surface area contributed by atoms with Crippen molar-refractivity contribution >= 4 is 22.8 Å². The summed E-state index contributed by atoms with van der Waals surface area (Å²) in [5.41, 5.74) is 2.35.